The Balaban J connectivity index is 1.90. The van der Waals surface area contributed by atoms with E-state index < -0.39 is 11.7 Å². The SMILES string of the molecule is CC(=N)c1c(NC(C)c2ccc(C(F)(F)F)cc2)nc(C2CC2)[nH]c1=O. The highest BCUT2D eigenvalue weighted by Crippen LogP contribution is 2.38. The van der Waals surface area contributed by atoms with E-state index in [2.05, 4.69) is 15.3 Å². The van der Waals surface area contributed by atoms with E-state index in [1.54, 1.807) is 6.92 Å². The van der Waals surface area contributed by atoms with Gasteiger partial charge in [0, 0.05) is 17.7 Å². The number of alkyl halides is 3. The Morgan fingerprint density at radius 2 is 1.92 bits per heavy atom. The van der Waals surface area contributed by atoms with Crippen LogP contribution in [0.4, 0.5) is 19.0 Å². The molecule has 1 heterocycles. The third kappa shape index (κ3) is 3.79. The van der Waals surface area contributed by atoms with E-state index in [9.17, 15) is 18.0 Å². The van der Waals surface area contributed by atoms with Gasteiger partial charge in [-0.2, -0.15) is 13.2 Å². The van der Waals surface area contributed by atoms with Gasteiger partial charge in [-0.25, -0.2) is 4.98 Å². The van der Waals surface area contributed by atoms with Gasteiger partial charge in [0.15, 0.2) is 0 Å². The summed E-state index contributed by atoms with van der Waals surface area (Å²) >= 11 is 0. The van der Waals surface area contributed by atoms with E-state index in [1.807, 2.05) is 0 Å². The molecule has 1 saturated carbocycles. The van der Waals surface area contributed by atoms with Crippen LogP contribution in [-0.4, -0.2) is 15.7 Å². The van der Waals surface area contributed by atoms with Crippen molar-refractivity contribution in [2.75, 3.05) is 5.32 Å². The quantitative estimate of drug-likeness (QED) is 0.695. The van der Waals surface area contributed by atoms with Crippen molar-refractivity contribution >= 4 is 11.5 Å². The van der Waals surface area contributed by atoms with Gasteiger partial charge in [0.2, 0.25) is 0 Å². The Morgan fingerprint density at radius 1 is 1.31 bits per heavy atom. The summed E-state index contributed by atoms with van der Waals surface area (Å²) in [7, 11) is 0. The number of aromatic amines is 1. The van der Waals surface area contributed by atoms with Crippen molar-refractivity contribution < 1.29 is 13.2 Å². The Bertz CT molecular complexity index is 883. The maximum absolute atomic E-state index is 12.7. The van der Waals surface area contributed by atoms with E-state index in [4.69, 9.17) is 5.41 Å². The van der Waals surface area contributed by atoms with Crippen molar-refractivity contribution in [2.24, 2.45) is 0 Å². The highest BCUT2D eigenvalue weighted by molar-refractivity contribution is 6.00. The van der Waals surface area contributed by atoms with Crippen LogP contribution in [-0.2, 0) is 6.18 Å². The largest absolute Gasteiger partial charge is 0.416 e. The molecule has 0 saturated heterocycles. The Hall–Kier alpha value is -2.64. The second-order valence-electron chi connectivity index (χ2n) is 6.56. The topological polar surface area (TPSA) is 81.6 Å². The van der Waals surface area contributed by atoms with Crippen molar-refractivity contribution in [3.05, 3.63) is 57.1 Å². The van der Waals surface area contributed by atoms with Gasteiger partial charge in [0.25, 0.3) is 5.56 Å². The van der Waals surface area contributed by atoms with Gasteiger partial charge in [0.05, 0.1) is 5.56 Å². The number of rotatable bonds is 5. The van der Waals surface area contributed by atoms with Crippen molar-refractivity contribution in [1.82, 2.24) is 9.97 Å². The first-order valence-corrected chi connectivity index (χ1v) is 8.30. The molecule has 26 heavy (non-hydrogen) atoms. The number of benzene rings is 1. The van der Waals surface area contributed by atoms with Crippen LogP contribution in [0, 0.1) is 5.41 Å². The molecule has 5 nitrogen and oxygen atoms in total. The minimum atomic E-state index is -4.38. The van der Waals surface area contributed by atoms with Crippen LogP contribution < -0.4 is 10.9 Å². The molecule has 1 aromatic heterocycles. The molecule has 0 bridgehead atoms. The van der Waals surface area contributed by atoms with Gasteiger partial charge < -0.3 is 15.7 Å². The lowest BCUT2D eigenvalue weighted by Gasteiger charge is -2.18. The molecule has 0 radical (unpaired) electrons. The van der Waals surface area contributed by atoms with Gasteiger partial charge in [-0.3, -0.25) is 4.79 Å². The summed E-state index contributed by atoms with van der Waals surface area (Å²) in [6.45, 7) is 3.27. The van der Waals surface area contributed by atoms with Gasteiger partial charge in [0.1, 0.15) is 17.2 Å². The zero-order chi connectivity index (χ0) is 19.1. The lowest BCUT2D eigenvalue weighted by atomic mass is 10.1. The molecule has 1 unspecified atom stereocenters. The summed E-state index contributed by atoms with van der Waals surface area (Å²) < 4.78 is 38.1. The fourth-order valence-electron chi connectivity index (χ4n) is 2.74. The number of nitrogens with zero attached hydrogens (tertiary/aromatic N) is 1. The van der Waals surface area contributed by atoms with Crippen LogP contribution in [0.2, 0.25) is 0 Å². The minimum absolute atomic E-state index is 0.0724. The molecular weight excluding hydrogens is 345 g/mol. The average molecular weight is 364 g/mol. The molecular formula is C18H19F3N4O. The molecule has 8 heteroatoms. The number of nitrogens with one attached hydrogen (secondary N) is 3. The fourth-order valence-corrected chi connectivity index (χ4v) is 2.74. The summed E-state index contributed by atoms with van der Waals surface area (Å²) in [4.78, 5) is 19.5. The standard InChI is InChI=1S/C18H19F3N4O/c1-9(22)14-16(24-15(12-3-4-12)25-17(14)26)23-10(2)11-5-7-13(8-6-11)18(19,20)21/h5-8,10,12,22H,3-4H2,1-2H3,(H2,23,24,25,26). The summed E-state index contributed by atoms with van der Waals surface area (Å²) in [5.41, 5.74) is -0.246. The summed E-state index contributed by atoms with van der Waals surface area (Å²) in [6, 6.07) is 4.46. The molecule has 138 valence electrons. The molecule has 0 aliphatic heterocycles. The second kappa shape index (κ2) is 6.59. The Kier molecular flexibility index (Phi) is 4.60. The maximum atomic E-state index is 12.7. The Labute approximate surface area is 148 Å². The molecule has 3 rings (SSSR count). The van der Waals surface area contributed by atoms with Crippen LogP contribution in [0.3, 0.4) is 0 Å². The third-order valence-corrected chi connectivity index (χ3v) is 4.37. The first-order chi connectivity index (χ1) is 12.2. The van der Waals surface area contributed by atoms with Crippen LogP contribution in [0.25, 0.3) is 0 Å². The van der Waals surface area contributed by atoms with E-state index in [1.165, 1.54) is 19.1 Å². The van der Waals surface area contributed by atoms with Crippen molar-refractivity contribution in [3.8, 4) is 0 Å². The van der Waals surface area contributed by atoms with Gasteiger partial charge in [-0.05, 0) is 44.4 Å². The molecule has 0 spiro atoms. The smallest absolute Gasteiger partial charge is 0.363 e. The molecule has 1 fully saturated rings. The highest BCUT2D eigenvalue weighted by Gasteiger charge is 2.30. The lowest BCUT2D eigenvalue weighted by Crippen LogP contribution is -2.24. The highest BCUT2D eigenvalue weighted by atomic mass is 19.4. The number of hydrogen-bond acceptors (Lipinski definition) is 4. The normalized spacial score (nSPS) is 15.6. The van der Waals surface area contributed by atoms with Crippen LogP contribution in [0.15, 0.2) is 29.1 Å². The maximum Gasteiger partial charge on any atom is 0.416 e. The molecule has 1 aliphatic carbocycles. The van der Waals surface area contributed by atoms with E-state index in [0.717, 1.165) is 25.0 Å². The number of aromatic nitrogens is 2. The van der Waals surface area contributed by atoms with Crippen LogP contribution >= 0.6 is 0 Å². The first-order valence-electron chi connectivity index (χ1n) is 8.30. The molecule has 1 aliphatic rings. The third-order valence-electron chi connectivity index (χ3n) is 4.37. The predicted octanol–water partition coefficient (Wildman–Crippen LogP) is 4.23. The number of anilines is 1. The van der Waals surface area contributed by atoms with Crippen molar-refractivity contribution in [2.45, 2.75) is 44.8 Å². The lowest BCUT2D eigenvalue weighted by molar-refractivity contribution is -0.137. The van der Waals surface area contributed by atoms with Gasteiger partial charge >= 0.3 is 6.18 Å². The Morgan fingerprint density at radius 3 is 2.42 bits per heavy atom. The molecule has 2 aromatic rings. The van der Waals surface area contributed by atoms with Crippen molar-refractivity contribution in [3.63, 3.8) is 0 Å². The van der Waals surface area contributed by atoms with E-state index in [0.29, 0.717) is 11.4 Å². The summed E-state index contributed by atoms with van der Waals surface area (Å²) in [6.07, 6.45) is -2.47. The van der Waals surface area contributed by atoms with E-state index >= 15 is 0 Å². The number of hydrogen-bond donors (Lipinski definition) is 3. The zero-order valence-electron chi connectivity index (χ0n) is 14.4. The predicted molar refractivity (Wildman–Crippen MR) is 92.8 cm³/mol. The molecule has 3 N–H and O–H groups in total. The number of halogens is 3. The fraction of sp³-hybridized carbons (Fsp3) is 0.389. The monoisotopic (exact) mass is 364 g/mol. The zero-order valence-corrected chi connectivity index (χ0v) is 14.4. The number of H-pyrrole nitrogens is 1. The summed E-state index contributed by atoms with van der Waals surface area (Å²) in [5.74, 6) is 1.10. The van der Waals surface area contributed by atoms with Crippen LogP contribution in [0.1, 0.15) is 61.2 Å². The van der Waals surface area contributed by atoms with Gasteiger partial charge in [-0.15, -0.1) is 0 Å². The van der Waals surface area contributed by atoms with Crippen LogP contribution in [0.5, 0.6) is 0 Å². The average Bonchev–Trinajstić information content (AvgIpc) is 3.38. The minimum Gasteiger partial charge on any atom is -0.363 e. The molecule has 1 aromatic carbocycles. The summed E-state index contributed by atoms with van der Waals surface area (Å²) in [5, 5.41) is 10.9. The molecule has 1 atom stereocenters. The first kappa shape index (κ1) is 18.2. The van der Waals surface area contributed by atoms with Gasteiger partial charge in [-0.1, -0.05) is 12.1 Å². The van der Waals surface area contributed by atoms with Crippen molar-refractivity contribution in [1.29, 1.82) is 5.41 Å². The second-order valence-corrected chi connectivity index (χ2v) is 6.56. The molecule has 0 amide bonds. The van der Waals surface area contributed by atoms with E-state index in [-0.39, 0.29) is 34.6 Å².